The van der Waals surface area contributed by atoms with E-state index in [9.17, 15) is 0 Å². The normalized spacial score (nSPS) is 0. The molecule has 0 aromatic rings. The Hall–Kier alpha value is 0. The van der Waals surface area contributed by atoms with Gasteiger partial charge in [0.05, 0.1) is 0 Å². The van der Waals surface area contributed by atoms with Crippen molar-refractivity contribution in [3.05, 3.63) is 0 Å². The molecule has 0 nitrogen and oxygen atoms in total. The van der Waals surface area contributed by atoms with Gasteiger partial charge in [0.25, 0.3) is 0 Å². The van der Waals surface area contributed by atoms with Gasteiger partial charge < -0.3 is 0 Å². The van der Waals surface area contributed by atoms with E-state index in [0.717, 1.165) is 0 Å². The summed E-state index contributed by atoms with van der Waals surface area (Å²) >= 11 is 0. The van der Waals surface area contributed by atoms with Gasteiger partial charge in [-0.2, -0.15) is 0 Å². The number of rotatable bonds is 0. The second-order valence-electron chi connectivity index (χ2n) is 0. The van der Waals surface area contributed by atoms with E-state index in [2.05, 4.69) is 0 Å². The lowest BCUT2D eigenvalue weighted by atomic mass is 12.0. The summed E-state index contributed by atoms with van der Waals surface area (Å²) in [4.78, 5) is 0. The summed E-state index contributed by atoms with van der Waals surface area (Å²) in [6.45, 7) is 0. The fraction of sp³-hybridized carbons (Fsp3) is 1.00. The van der Waals surface area contributed by atoms with Crippen molar-refractivity contribution >= 4 is 0 Å². The molecule has 0 aromatic carbocycles. The van der Waals surface area contributed by atoms with Crippen LogP contribution < -0.4 is 0 Å². The van der Waals surface area contributed by atoms with Gasteiger partial charge >= 0.3 is 0 Å². The minimum atomic E-state index is 0. The van der Waals surface area contributed by atoms with Crippen molar-refractivity contribution in [2.24, 2.45) is 0 Å². The van der Waals surface area contributed by atoms with Gasteiger partial charge in [-0.1, -0.05) is 29.7 Å². The highest BCUT2D eigenvalue weighted by Gasteiger charge is -0.0746. The Balaban J connectivity index is 0. The highest BCUT2D eigenvalue weighted by atomic mass is 12.0. The molecule has 0 saturated heterocycles. The van der Waals surface area contributed by atoms with Crippen molar-refractivity contribution in [2.75, 3.05) is 0 Å². The summed E-state index contributed by atoms with van der Waals surface area (Å²) in [6.07, 6.45) is 0. The van der Waals surface area contributed by atoms with Crippen LogP contribution in [0.3, 0.4) is 0 Å². The molecule has 0 aromatic heterocycles. The third-order valence-corrected chi connectivity index (χ3v) is 0. The molecule has 0 aliphatic rings. The van der Waals surface area contributed by atoms with E-state index in [0.29, 0.717) is 0 Å². The van der Waals surface area contributed by atoms with Crippen molar-refractivity contribution < 1.29 is 2.85 Å². The molecule has 0 radical (unpaired) electrons. The van der Waals surface area contributed by atoms with Crippen LogP contribution in [0.15, 0.2) is 0 Å². The molecule has 0 atom stereocenters. The first-order valence-corrected chi connectivity index (χ1v) is 0. The van der Waals surface area contributed by atoms with Crippen LogP contribution in [-0.4, -0.2) is 0 Å². The fourth-order valence-corrected chi connectivity index (χ4v) is 0. The van der Waals surface area contributed by atoms with E-state index >= 15 is 0 Å². The molecular weight excluding hydrogens is 48.0 g/mol. The number of hydrogen-bond donors (Lipinski definition) is 0. The predicted octanol–water partition coefficient (Wildman–Crippen LogP) is 3.04. The molecule has 0 spiro atoms. The third-order valence-electron chi connectivity index (χ3n) is 0. The standard InChI is InChI=1S/4CH4.2H2/h4*1H4;2*1H/i;;;;2*1+2. The average molecular weight is 72.2 g/mol. The maximum absolute atomic E-state index is 0. The van der Waals surface area contributed by atoms with E-state index in [1.165, 1.54) is 0 Å². The Labute approximate surface area is 33.8 Å². The van der Waals surface area contributed by atoms with Crippen LogP contribution in [0.4, 0.5) is 0 Å². The molecular formula is C4H20. The van der Waals surface area contributed by atoms with Crippen LogP contribution in [0.2, 0.25) is 0 Å². The van der Waals surface area contributed by atoms with Crippen LogP contribution in [0.5, 0.6) is 0 Å². The second-order valence-corrected chi connectivity index (χ2v) is 0. The van der Waals surface area contributed by atoms with Gasteiger partial charge in [-0.25, -0.2) is 0 Å². The summed E-state index contributed by atoms with van der Waals surface area (Å²) in [5, 5.41) is 0. The average Bonchev–Trinajstić information content (AvgIpc) is 0. The molecule has 0 saturated carbocycles. The van der Waals surface area contributed by atoms with E-state index in [-0.39, 0.29) is 32.6 Å². The molecule has 0 unspecified atom stereocenters. The molecule has 0 aliphatic heterocycles. The molecule has 0 rings (SSSR count). The molecule has 0 fully saturated rings. The van der Waals surface area contributed by atoms with Gasteiger partial charge in [-0.3, -0.25) is 0 Å². The van der Waals surface area contributed by atoms with Gasteiger partial charge in [0.2, 0.25) is 0 Å². The highest BCUT2D eigenvalue weighted by molar-refractivity contribution is 2.51. The smallest absolute Gasteiger partial charge is 0 e. The van der Waals surface area contributed by atoms with E-state index in [1.54, 1.807) is 0 Å². The Morgan fingerprint density at radius 1 is 0.500 bits per heavy atom. The summed E-state index contributed by atoms with van der Waals surface area (Å²) in [6, 6.07) is 0. The van der Waals surface area contributed by atoms with Crippen LogP contribution in [0, 0.1) is 0 Å². The maximum atomic E-state index is 0. The summed E-state index contributed by atoms with van der Waals surface area (Å²) in [7, 11) is 0. The molecule has 36 valence electrons. The topological polar surface area (TPSA) is 0 Å². The second kappa shape index (κ2) is 0. The quantitative estimate of drug-likeness (QED) is 0.412. The Morgan fingerprint density at radius 2 is 0.500 bits per heavy atom. The van der Waals surface area contributed by atoms with Gasteiger partial charge in [0.15, 0.2) is 0 Å². The Morgan fingerprint density at radius 3 is 0.500 bits per heavy atom. The van der Waals surface area contributed by atoms with Crippen LogP contribution >= 0.6 is 0 Å². The first-order valence-electron chi connectivity index (χ1n) is 0. The fourth-order valence-electron chi connectivity index (χ4n) is 0. The zero-order valence-corrected chi connectivity index (χ0v) is 0. The molecule has 4 heavy (non-hydrogen) atoms. The zero-order valence-electron chi connectivity index (χ0n) is 0. The molecule has 0 aliphatic carbocycles. The molecule has 0 amide bonds. The van der Waals surface area contributed by atoms with Gasteiger partial charge in [0, 0.05) is 2.85 Å². The Bertz CT molecular complexity index is 5.51. The largest absolute Gasteiger partial charge is 0.0776 e. The minimum Gasteiger partial charge on any atom is -0.0776 e. The molecule has 0 heterocycles. The lowest BCUT2D eigenvalue weighted by Gasteiger charge is -0.0786. The highest BCUT2D eigenvalue weighted by Crippen LogP contribution is 0.147. The lowest BCUT2D eigenvalue weighted by molar-refractivity contribution is 2.50. The Kier molecular flexibility index (Phi) is 0. The lowest BCUT2D eigenvalue weighted by Crippen LogP contribution is 0.143. The molecule has 0 heteroatoms. The molecule has 0 N–H and O–H groups in total. The monoisotopic (exact) mass is 72.2 g/mol. The van der Waals surface area contributed by atoms with Crippen molar-refractivity contribution in [2.45, 2.75) is 29.7 Å². The van der Waals surface area contributed by atoms with Gasteiger partial charge in [-0.05, 0) is 0 Å². The summed E-state index contributed by atoms with van der Waals surface area (Å²) in [5.41, 5.74) is 0. The van der Waals surface area contributed by atoms with Crippen LogP contribution in [0.25, 0.3) is 0 Å². The first-order chi connectivity index (χ1) is 0. The SMILES string of the molecule is C.C.C.C.[3HH].[3HH]. The van der Waals surface area contributed by atoms with E-state index < -0.39 is 0 Å². The third kappa shape index (κ3) is 0. The molecule has 0 bridgehead atoms. The van der Waals surface area contributed by atoms with Crippen molar-refractivity contribution in [1.82, 2.24) is 0 Å². The van der Waals surface area contributed by atoms with E-state index in [4.69, 9.17) is 0 Å². The van der Waals surface area contributed by atoms with Gasteiger partial charge in [0.1, 0.15) is 0 Å². The van der Waals surface area contributed by atoms with Crippen LogP contribution in [0.1, 0.15) is 32.6 Å². The predicted molar refractivity (Wildman–Crippen MR) is 31.2 cm³/mol. The summed E-state index contributed by atoms with van der Waals surface area (Å²) in [5.74, 6) is 0. The maximum Gasteiger partial charge on any atom is 0 e. The van der Waals surface area contributed by atoms with Crippen molar-refractivity contribution in [1.29, 1.82) is 0 Å². The first kappa shape index (κ1) is 0. The minimum absolute atomic E-state index is 0. The van der Waals surface area contributed by atoms with Crippen molar-refractivity contribution in [3.63, 3.8) is 0 Å². The van der Waals surface area contributed by atoms with Gasteiger partial charge in [-0.15, -0.1) is 0 Å². The number of hydrogen-bond acceptors (Lipinski definition) is 0. The van der Waals surface area contributed by atoms with Crippen LogP contribution in [-0.2, 0) is 0 Å². The zero-order chi connectivity index (χ0) is 0. The van der Waals surface area contributed by atoms with Crippen molar-refractivity contribution in [3.8, 4) is 0 Å². The summed E-state index contributed by atoms with van der Waals surface area (Å²) < 4.78 is 0. The van der Waals surface area contributed by atoms with E-state index in [1.807, 2.05) is 0 Å².